The van der Waals surface area contributed by atoms with Gasteiger partial charge < -0.3 is 54.2 Å². The summed E-state index contributed by atoms with van der Waals surface area (Å²) in [6, 6.07) is 3.52. The van der Waals surface area contributed by atoms with Crippen molar-refractivity contribution in [2.75, 3.05) is 33.4 Å². The zero-order valence-corrected chi connectivity index (χ0v) is 23.2. The molecular formula is C29H39NO11. The number of hydrogen-bond acceptors (Lipinski definition) is 12. The molecule has 2 bridgehead atoms. The van der Waals surface area contributed by atoms with Gasteiger partial charge in [-0.3, -0.25) is 4.79 Å². The molecule has 1 saturated heterocycles. The number of benzene rings is 1. The predicted molar refractivity (Wildman–Crippen MR) is 144 cm³/mol. The van der Waals surface area contributed by atoms with Crippen molar-refractivity contribution in [2.24, 2.45) is 11.8 Å². The monoisotopic (exact) mass is 577 g/mol. The van der Waals surface area contributed by atoms with E-state index < -0.39 is 60.2 Å². The number of aliphatic hydroxyl groups excluding tert-OH is 3. The standard InChI is InChI=1S/C29H39NO11/c1-3-37-22(33)7-5-16-12-17-8-10-38-23(17)25(39-11-9-30-2)24(16)41-27-29(36)20-13-19(32)6-4-18(20)14-28(35,26(29)34)21(15-31)40-27/h4,6,8,10,12,18-21,26-27,30-32,34-36H,3,5,7,9,11,13-15H2,1-2H3/t18-,19-,20-,21-,26+,27-,28-,29+/m1/s1. The maximum Gasteiger partial charge on any atom is 0.306 e. The highest BCUT2D eigenvalue weighted by Gasteiger charge is 2.71. The maximum atomic E-state index is 12.3. The third-order valence-corrected chi connectivity index (χ3v) is 8.51. The minimum atomic E-state index is -2.19. The zero-order valence-electron chi connectivity index (χ0n) is 23.2. The summed E-state index contributed by atoms with van der Waals surface area (Å²) in [5, 5.41) is 59.4. The number of likely N-dealkylation sites (N-methyl/N-ethyl adjacent to an activating group) is 1. The maximum absolute atomic E-state index is 12.3. The third-order valence-electron chi connectivity index (χ3n) is 8.51. The molecule has 2 aromatic rings. The van der Waals surface area contributed by atoms with Gasteiger partial charge in [0.25, 0.3) is 0 Å². The number of fused-ring (bicyclic) bond motifs is 5. The Balaban J connectivity index is 1.60. The molecule has 12 nitrogen and oxygen atoms in total. The molecule has 41 heavy (non-hydrogen) atoms. The zero-order chi connectivity index (χ0) is 29.4. The van der Waals surface area contributed by atoms with Crippen LogP contribution in [-0.2, 0) is 20.7 Å². The summed E-state index contributed by atoms with van der Waals surface area (Å²) in [4.78, 5) is 12.3. The number of aliphatic hydroxyl groups is 5. The van der Waals surface area contributed by atoms with Crippen molar-refractivity contribution in [1.82, 2.24) is 5.32 Å². The number of carbonyl (C=O) groups is 1. The molecule has 6 N–H and O–H groups in total. The van der Waals surface area contributed by atoms with E-state index in [9.17, 15) is 30.3 Å². The molecule has 2 heterocycles. The molecule has 0 amide bonds. The van der Waals surface area contributed by atoms with E-state index in [4.69, 9.17) is 23.4 Å². The summed E-state index contributed by atoms with van der Waals surface area (Å²) in [5.41, 5.74) is -3.26. The van der Waals surface area contributed by atoms with Gasteiger partial charge in [0.15, 0.2) is 16.9 Å². The van der Waals surface area contributed by atoms with Crippen LogP contribution in [0.5, 0.6) is 11.5 Å². The number of furan rings is 1. The lowest BCUT2D eigenvalue weighted by molar-refractivity contribution is -0.386. The Kier molecular flexibility index (Phi) is 8.63. The molecule has 0 unspecified atom stereocenters. The normalized spacial score (nSPS) is 34.3. The molecule has 5 rings (SSSR count). The van der Waals surface area contributed by atoms with Crippen molar-refractivity contribution in [2.45, 2.75) is 68.4 Å². The van der Waals surface area contributed by atoms with Gasteiger partial charge in [0, 0.05) is 24.3 Å². The Morgan fingerprint density at radius 2 is 2.02 bits per heavy atom. The first-order valence-corrected chi connectivity index (χ1v) is 14.1. The molecule has 12 heteroatoms. The van der Waals surface area contributed by atoms with Crippen molar-refractivity contribution in [3.63, 3.8) is 0 Å². The molecule has 0 spiro atoms. The Morgan fingerprint density at radius 3 is 2.76 bits per heavy atom. The van der Waals surface area contributed by atoms with Gasteiger partial charge in [-0.1, -0.05) is 12.2 Å². The van der Waals surface area contributed by atoms with E-state index in [0.717, 1.165) is 0 Å². The summed E-state index contributed by atoms with van der Waals surface area (Å²) >= 11 is 0. The number of carbonyl (C=O) groups excluding carboxylic acids is 1. The quantitative estimate of drug-likeness (QED) is 0.123. The fourth-order valence-corrected chi connectivity index (χ4v) is 6.46. The van der Waals surface area contributed by atoms with Gasteiger partial charge in [-0.25, -0.2) is 0 Å². The number of nitrogens with one attached hydrogen (secondary N) is 1. The van der Waals surface area contributed by atoms with Gasteiger partial charge in [-0.2, -0.15) is 0 Å². The Labute approximate surface area is 237 Å². The highest BCUT2D eigenvalue weighted by atomic mass is 16.7. The van der Waals surface area contributed by atoms with Crippen LogP contribution < -0.4 is 14.8 Å². The second-order valence-electron chi connectivity index (χ2n) is 11.0. The first-order valence-electron chi connectivity index (χ1n) is 14.1. The average Bonchev–Trinajstić information content (AvgIpc) is 3.42. The Hall–Kier alpha value is -2.71. The molecule has 8 atom stereocenters. The molecule has 3 aliphatic rings. The highest BCUT2D eigenvalue weighted by molar-refractivity contribution is 5.87. The van der Waals surface area contributed by atoms with Gasteiger partial charge in [-0.05, 0) is 56.8 Å². The van der Waals surface area contributed by atoms with Gasteiger partial charge in [0.2, 0.25) is 12.0 Å². The molecule has 0 radical (unpaired) electrons. The largest absolute Gasteiger partial charge is 0.485 e. The van der Waals surface area contributed by atoms with Crippen LogP contribution in [0.2, 0.25) is 0 Å². The van der Waals surface area contributed by atoms with Gasteiger partial charge in [0.05, 0.1) is 25.6 Å². The molecule has 1 aromatic heterocycles. The van der Waals surface area contributed by atoms with Crippen LogP contribution in [0.3, 0.4) is 0 Å². The molecule has 2 fully saturated rings. The van der Waals surface area contributed by atoms with Gasteiger partial charge >= 0.3 is 5.97 Å². The van der Waals surface area contributed by atoms with Crippen LogP contribution in [0, 0.1) is 11.8 Å². The second-order valence-corrected chi connectivity index (χ2v) is 11.0. The first kappa shape index (κ1) is 29.8. The number of ether oxygens (including phenoxy) is 4. The van der Waals surface area contributed by atoms with Crippen molar-refractivity contribution >= 4 is 16.9 Å². The van der Waals surface area contributed by atoms with E-state index in [1.54, 1.807) is 38.3 Å². The summed E-state index contributed by atoms with van der Waals surface area (Å²) in [6.07, 6.45) is -0.400. The van der Waals surface area contributed by atoms with E-state index in [2.05, 4.69) is 5.32 Å². The van der Waals surface area contributed by atoms with Crippen LogP contribution in [0.15, 0.2) is 35.0 Å². The summed E-state index contributed by atoms with van der Waals surface area (Å²) < 4.78 is 29.4. The number of esters is 1. The lowest BCUT2D eigenvalue weighted by Gasteiger charge is -2.62. The molecule has 1 aliphatic heterocycles. The van der Waals surface area contributed by atoms with Crippen molar-refractivity contribution in [3.8, 4) is 11.5 Å². The van der Waals surface area contributed by atoms with E-state index in [1.807, 2.05) is 0 Å². The van der Waals surface area contributed by atoms with E-state index in [0.29, 0.717) is 23.1 Å². The second kappa shape index (κ2) is 11.9. The third kappa shape index (κ3) is 5.22. The molecule has 1 saturated carbocycles. The smallest absolute Gasteiger partial charge is 0.306 e. The van der Waals surface area contributed by atoms with Crippen LogP contribution in [0.1, 0.15) is 31.7 Å². The minimum absolute atomic E-state index is 0.0177. The van der Waals surface area contributed by atoms with Crippen molar-refractivity contribution in [3.05, 3.63) is 36.1 Å². The van der Waals surface area contributed by atoms with Crippen LogP contribution in [0.4, 0.5) is 0 Å². The summed E-state index contributed by atoms with van der Waals surface area (Å²) in [6.45, 7) is 2.02. The number of aryl methyl sites for hydroxylation is 1. The van der Waals surface area contributed by atoms with E-state index in [1.165, 1.54) is 6.26 Å². The number of allylic oxidation sites excluding steroid dienone is 1. The minimum Gasteiger partial charge on any atom is -0.485 e. The fraction of sp³-hybridized carbons (Fsp3) is 0.621. The van der Waals surface area contributed by atoms with Crippen molar-refractivity contribution < 1.29 is 53.7 Å². The molecule has 226 valence electrons. The first-order chi connectivity index (χ1) is 19.7. The molecular weight excluding hydrogens is 538 g/mol. The highest BCUT2D eigenvalue weighted by Crippen LogP contribution is 2.55. The van der Waals surface area contributed by atoms with Gasteiger partial charge in [0.1, 0.15) is 24.4 Å². The van der Waals surface area contributed by atoms with Crippen molar-refractivity contribution in [1.29, 1.82) is 0 Å². The van der Waals surface area contributed by atoms with Crippen LogP contribution in [0.25, 0.3) is 11.0 Å². The Bertz CT molecular complexity index is 1260. The lowest BCUT2D eigenvalue weighted by atomic mass is 9.55. The number of rotatable bonds is 11. The average molecular weight is 578 g/mol. The topological polar surface area (TPSA) is 180 Å². The van der Waals surface area contributed by atoms with Crippen LogP contribution in [-0.4, -0.2) is 101 Å². The Morgan fingerprint density at radius 1 is 1.22 bits per heavy atom. The SMILES string of the molecule is CCOC(=O)CCc1cc2ccoc2c(OCCNC)c1O[C@H]1O[C@H](CO)[C@]2(O)C[C@H]3C=C[C@@H](O)C[C@H]3[C@]1(O)[C@H]2O. The summed E-state index contributed by atoms with van der Waals surface area (Å²) in [5.74, 6) is -1.25. The predicted octanol–water partition coefficient (Wildman–Crippen LogP) is 0.403. The lowest BCUT2D eigenvalue weighted by Crippen LogP contribution is -2.80. The number of hydrogen-bond donors (Lipinski definition) is 6. The summed E-state index contributed by atoms with van der Waals surface area (Å²) in [7, 11) is 1.77. The molecule has 2 aliphatic carbocycles. The molecule has 1 aromatic carbocycles. The fourth-order valence-electron chi connectivity index (χ4n) is 6.46. The van der Waals surface area contributed by atoms with E-state index >= 15 is 0 Å². The van der Waals surface area contributed by atoms with E-state index in [-0.39, 0.29) is 50.4 Å². The van der Waals surface area contributed by atoms with Crippen LogP contribution >= 0.6 is 0 Å². The van der Waals surface area contributed by atoms with Gasteiger partial charge in [-0.15, -0.1) is 0 Å².